The van der Waals surface area contributed by atoms with Gasteiger partial charge in [0, 0.05) is 13.6 Å². The number of hydrogen-bond donors (Lipinski definition) is 2. The number of nitrogens with one attached hydrogen (secondary N) is 1. The molecule has 1 aromatic heterocycles. The van der Waals surface area contributed by atoms with Crippen LogP contribution in [0.15, 0.2) is 30.6 Å². The van der Waals surface area contributed by atoms with E-state index in [1.54, 1.807) is 30.7 Å². The van der Waals surface area contributed by atoms with Crippen molar-refractivity contribution in [2.24, 2.45) is 12.8 Å². The third kappa shape index (κ3) is 4.10. The zero-order chi connectivity index (χ0) is 15.5. The van der Waals surface area contributed by atoms with Crippen molar-refractivity contribution in [3.63, 3.8) is 0 Å². The molecule has 2 aromatic rings. The van der Waals surface area contributed by atoms with Crippen molar-refractivity contribution in [3.05, 3.63) is 47.5 Å². The van der Waals surface area contributed by atoms with Gasteiger partial charge in [-0.25, -0.2) is 13.1 Å². The Morgan fingerprint density at radius 2 is 1.90 bits per heavy atom. The van der Waals surface area contributed by atoms with E-state index in [9.17, 15) is 8.42 Å². The highest BCUT2D eigenvalue weighted by atomic mass is 32.2. The molecular weight excluding hydrogens is 290 g/mol. The van der Waals surface area contributed by atoms with Gasteiger partial charge in [-0.15, -0.1) is 10.2 Å². The molecule has 0 aliphatic carbocycles. The van der Waals surface area contributed by atoms with E-state index in [0.29, 0.717) is 17.9 Å². The van der Waals surface area contributed by atoms with Gasteiger partial charge in [-0.2, -0.15) is 0 Å². The number of hydrogen-bond acceptors (Lipinski definition) is 5. The summed E-state index contributed by atoms with van der Waals surface area (Å²) in [6.07, 6.45) is 1.53. The third-order valence-corrected chi connectivity index (χ3v) is 4.53. The first kappa shape index (κ1) is 15.6. The lowest BCUT2D eigenvalue weighted by molar-refractivity contribution is 0.552. The smallest absolute Gasteiger partial charge is 0.216 e. The number of nitrogens with two attached hydrogens (primary N) is 1. The first-order valence-electron chi connectivity index (χ1n) is 6.53. The van der Waals surface area contributed by atoms with Gasteiger partial charge in [0.25, 0.3) is 0 Å². The number of aryl methyl sites for hydroxylation is 1. The molecule has 1 heterocycles. The standard InChI is InChI=1S/C13H19N5O2S/c1-10(13-16-15-9-18(13)2)17-21(19,20)8-12-5-3-11(7-14)4-6-12/h3-6,9-10,17H,7-8,14H2,1-2H3. The van der Waals surface area contributed by atoms with Gasteiger partial charge in [0.05, 0.1) is 11.8 Å². The molecule has 0 fully saturated rings. The first-order valence-corrected chi connectivity index (χ1v) is 8.18. The van der Waals surface area contributed by atoms with Crippen LogP contribution in [0.2, 0.25) is 0 Å². The van der Waals surface area contributed by atoms with Crippen molar-refractivity contribution in [3.8, 4) is 0 Å². The Kier molecular flexibility index (Phi) is 4.71. The van der Waals surface area contributed by atoms with Gasteiger partial charge < -0.3 is 10.3 Å². The second kappa shape index (κ2) is 6.33. The summed E-state index contributed by atoms with van der Waals surface area (Å²) in [7, 11) is -1.69. The molecule has 0 aliphatic rings. The summed E-state index contributed by atoms with van der Waals surface area (Å²) in [5.41, 5.74) is 7.20. The Morgan fingerprint density at radius 3 is 2.43 bits per heavy atom. The van der Waals surface area contributed by atoms with E-state index in [1.807, 2.05) is 12.1 Å². The summed E-state index contributed by atoms with van der Waals surface area (Å²) >= 11 is 0. The van der Waals surface area contributed by atoms with Gasteiger partial charge in [-0.1, -0.05) is 24.3 Å². The Bertz CT molecular complexity index is 694. The molecule has 3 N–H and O–H groups in total. The molecule has 0 amide bonds. The summed E-state index contributed by atoms with van der Waals surface area (Å²) in [6, 6.07) is 6.77. The molecule has 0 spiro atoms. The molecule has 0 saturated heterocycles. The summed E-state index contributed by atoms with van der Waals surface area (Å²) < 4.78 is 28.6. The van der Waals surface area contributed by atoms with Crippen molar-refractivity contribution in [2.75, 3.05) is 0 Å². The van der Waals surface area contributed by atoms with Crippen LogP contribution < -0.4 is 10.5 Å². The number of sulfonamides is 1. The second-order valence-electron chi connectivity index (χ2n) is 4.92. The average Bonchev–Trinajstić information content (AvgIpc) is 2.85. The minimum Gasteiger partial charge on any atom is -0.326 e. The van der Waals surface area contributed by atoms with Crippen molar-refractivity contribution in [1.29, 1.82) is 0 Å². The van der Waals surface area contributed by atoms with E-state index in [0.717, 1.165) is 5.56 Å². The normalized spacial score (nSPS) is 13.3. The second-order valence-corrected chi connectivity index (χ2v) is 6.67. The van der Waals surface area contributed by atoms with E-state index in [-0.39, 0.29) is 5.75 Å². The first-order chi connectivity index (χ1) is 9.91. The summed E-state index contributed by atoms with van der Waals surface area (Å²) in [5.74, 6) is 0.483. The topological polar surface area (TPSA) is 103 Å². The molecule has 2 rings (SSSR count). The maximum atomic E-state index is 12.2. The van der Waals surface area contributed by atoms with Gasteiger partial charge in [-0.3, -0.25) is 0 Å². The predicted molar refractivity (Wildman–Crippen MR) is 79.5 cm³/mol. The number of benzene rings is 1. The van der Waals surface area contributed by atoms with E-state index in [1.165, 1.54) is 6.33 Å². The summed E-state index contributed by atoms with van der Waals surface area (Å²) in [4.78, 5) is 0. The van der Waals surface area contributed by atoms with Gasteiger partial charge in [0.2, 0.25) is 10.0 Å². The molecule has 114 valence electrons. The molecular formula is C13H19N5O2S. The molecule has 21 heavy (non-hydrogen) atoms. The van der Waals surface area contributed by atoms with Crippen LogP contribution in [0.4, 0.5) is 0 Å². The monoisotopic (exact) mass is 309 g/mol. The van der Waals surface area contributed by atoms with Crippen molar-refractivity contribution in [1.82, 2.24) is 19.5 Å². The molecule has 8 heteroatoms. The average molecular weight is 309 g/mol. The lowest BCUT2D eigenvalue weighted by Crippen LogP contribution is -2.29. The molecule has 1 aromatic carbocycles. The highest BCUT2D eigenvalue weighted by Gasteiger charge is 2.19. The summed E-state index contributed by atoms with van der Waals surface area (Å²) in [6.45, 7) is 2.17. The summed E-state index contributed by atoms with van der Waals surface area (Å²) in [5, 5.41) is 7.64. The van der Waals surface area contributed by atoms with Crippen LogP contribution in [0.1, 0.15) is 29.9 Å². The van der Waals surface area contributed by atoms with E-state index < -0.39 is 16.1 Å². The van der Waals surface area contributed by atoms with Crippen LogP contribution in [0.25, 0.3) is 0 Å². The SMILES string of the molecule is CC(NS(=O)(=O)Cc1ccc(CN)cc1)c1nncn1C. The van der Waals surface area contributed by atoms with Gasteiger partial charge in [0.15, 0.2) is 0 Å². The van der Waals surface area contributed by atoms with E-state index in [4.69, 9.17) is 5.73 Å². The molecule has 7 nitrogen and oxygen atoms in total. The molecule has 1 atom stereocenters. The van der Waals surface area contributed by atoms with Crippen LogP contribution in [0.5, 0.6) is 0 Å². The Morgan fingerprint density at radius 1 is 1.29 bits per heavy atom. The quantitative estimate of drug-likeness (QED) is 0.806. The zero-order valence-electron chi connectivity index (χ0n) is 12.0. The minimum atomic E-state index is -3.46. The minimum absolute atomic E-state index is 0.0833. The van der Waals surface area contributed by atoms with Gasteiger partial charge in [0.1, 0.15) is 12.2 Å². The Labute approximate surface area is 124 Å². The van der Waals surface area contributed by atoms with E-state index in [2.05, 4.69) is 14.9 Å². The lowest BCUT2D eigenvalue weighted by atomic mass is 10.1. The van der Waals surface area contributed by atoms with Crippen LogP contribution in [0.3, 0.4) is 0 Å². The molecule has 0 saturated carbocycles. The highest BCUT2D eigenvalue weighted by Crippen LogP contribution is 2.12. The highest BCUT2D eigenvalue weighted by molar-refractivity contribution is 7.88. The fourth-order valence-electron chi connectivity index (χ4n) is 2.04. The third-order valence-electron chi connectivity index (χ3n) is 3.11. The maximum absolute atomic E-state index is 12.2. The van der Waals surface area contributed by atoms with Gasteiger partial charge in [-0.05, 0) is 18.1 Å². The van der Waals surface area contributed by atoms with Crippen molar-refractivity contribution >= 4 is 10.0 Å². The fraction of sp³-hybridized carbons (Fsp3) is 0.385. The lowest BCUT2D eigenvalue weighted by Gasteiger charge is -2.13. The number of aromatic nitrogens is 3. The molecule has 0 radical (unpaired) electrons. The number of rotatable bonds is 6. The van der Waals surface area contributed by atoms with Crippen LogP contribution in [0, 0.1) is 0 Å². The van der Waals surface area contributed by atoms with Crippen molar-refractivity contribution in [2.45, 2.75) is 25.3 Å². The van der Waals surface area contributed by atoms with Gasteiger partial charge >= 0.3 is 0 Å². The number of nitrogens with zero attached hydrogens (tertiary/aromatic N) is 3. The predicted octanol–water partition coefficient (Wildman–Crippen LogP) is 0.454. The maximum Gasteiger partial charge on any atom is 0.216 e. The van der Waals surface area contributed by atoms with Crippen LogP contribution >= 0.6 is 0 Å². The fourth-order valence-corrected chi connectivity index (χ4v) is 3.40. The molecule has 0 bridgehead atoms. The largest absolute Gasteiger partial charge is 0.326 e. The van der Waals surface area contributed by atoms with E-state index >= 15 is 0 Å². The van der Waals surface area contributed by atoms with Crippen molar-refractivity contribution < 1.29 is 8.42 Å². The molecule has 1 unspecified atom stereocenters. The Balaban J connectivity index is 2.06. The zero-order valence-corrected chi connectivity index (χ0v) is 12.8. The van der Waals surface area contributed by atoms with Crippen LogP contribution in [-0.2, 0) is 29.4 Å². The Hall–Kier alpha value is -1.77. The molecule has 0 aliphatic heterocycles. The van der Waals surface area contributed by atoms with Crippen LogP contribution in [-0.4, -0.2) is 23.2 Å².